The van der Waals surface area contributed by atoms with E-state index in [2.05, 4.69) is 28.9 Å². The van der Waals surface area contributed by atoms with Crippen LogP contribution in [0, 0.1) is 0 Å². The third kappa shape index (κ3) is 4.33. The molecule has 0 bridgehead atoms. The minimum absolute atomic E-state index is 0.000376. The molecule has 2 heterocycles. The van der Waals surface area contributed by atoms with Gasteiger partial charge in [0.2, 0.25) is 5.91 Å². The summed E-state index contributed by atoms with van der Waals surface area (Å²) < 4.78 is 0. The first-order valence-corrected chi connectivity index (χ1v) is 10.5. The standard InChI is InChI=1S/C21H27N3O2S/c1-3-12-23(21(26)22-4-2)15-19(25)24-13-10-18-17(11-14-27-18)20(24)16-8-6-5-7-9-16/h5-9,11,14,20H,3-4,10,12-13,15H2,1-2H3,(H,22,26)/t20-/m0/s1. The van der Waals surface area contributed by atoms with Crippen LogP contribution in [0.4, 0.5) is 4.79 Å². The first-order chi connectivity index (χ1) is 13.2. The van der Waals surface area contributed by atoms with Crippen molar-refractivity contribution in [3.8, 4) is 0 Å². The van der Waals surface area contributed by atoms with Gasteiger partial charge < -0.3 is 15.1 Å². The first-order valence-electron chi connectivity index (χ1n) is 9.59. The molecule has 5 nitrogen and oxygen atoms in total. The summed E-state index contributed by atoms with van der Waals surface area (Å²) in [7, 11) is 0. The number of hydrogen-bond acceptors (Lipinski definition) is 3. The zero-order valence-corrected chi connectivity index (χ0v) is 16.8. The monoisotopic (exact) mass is 385 g/mol. The average molecular weight is 386 g/mol. The SMILES string of the molecule is CCCN(CC(=O)N1CCc2sccc2[C@@H]1c1ccccc1)C(=O)NCC. The summed E-state index contributed by atoms with van der Waals surface area (Å²) in [5.41, 5.74) is 2.33. The van der Waals surface area contributed by atoms with Crippen molar-refractivity contribution in [2.75, 3.05) is 26.2 Å². The highest BCUT2D eigenvalue weighted by molar-refractivity contribution is 7.10. The number of hydrogen-bond donors (Lipinski definition) is 1. The number of benzene rings is 1. The number of thiophene rings is 1. The Balaban J connectivity index is 1.85. The molecule has 1 aromatic carbocycles. The van der Waals surface area contributed by atoms with Gasteiger partial charge in [-0.3, -0.25) is 4.79 Å². The van der Waals surface area contributed by atoms with Gasteiger partial charge in [0.15, 0.2) is 0 Å². The Morgan fingerprint density at radius 2 is 2.00 bits per heavy atom. The Kier molecular flexibility index (Phi) is 6.50. The van der Waals surface area contributed by atoms with E-state index >= 15 is 0 Å². The Morgan fingerprint density at radius 1 is 1.22 bits per heavy atom. The molecule has 0 aliphatic carbocycles. The molecule has 1 aromatic heterocycles. The van der Waals surface area contributed by atoms with Crippen LogP contribution in [-0.2, 0) is 11.2 Å². The molecule has 0 spiro atoms. The van der Waals surface area contributed by atoms with Gasteiger partial charge >= 0.3 is 6.03 Å². The van der Waals surface area contributed by atoms with Gasteiger partial charge in [0.1, 0.15) is 6.54 Å². The summed E-state index contributed by atoms with van der Waals surface area (Å²) in [4.78, 5) is 30.4. The summed E-state index contributed by atoms with van der Waals surface area (Å²) in [6.45, 7) is 5.83. The molecule has 3 rings (SSSR count). The lowest BCUT2D eigenvalue weighted by Gasteiger charge is -2.37. The van der Waals surface area contributed by atoms with E-state index in [0.29, 0.717) is 19.6 Å². The number of urea groups is 1. The Bertz CT molecular complexity index is 775. The minimum atomic E-state index is -0.169. The summed E-state index contributed by atoms with van der Waals surface area (Å²) in [5, 5.41) is 4.91. The fraction of sp³-hybridized carbons (Fsp3) is 0.429. The van der Waals surface area contributed by atoms with Crippen molar-refractivity contribution in [1.29, 1.82) is 0 Å². The van der Waals surface area contributed by atoms with E-state index < -0.39 is 0 Å². The van der Waals surface area contributed by atoms with Crippen molar-refractivity contribution in [2.24, 2.45) is 0 Å². The first kappa shape index (κ1) is 19.4. The molecular weight excluding hydrogens is 358 g/mol. The van der Waals surface area contributed by atoms with Gasteiger partial charge in [-0.25, -0.2) is 4.79 Å². The van der Waals surface area contributed by atoms with Crippen LogP contribution in [0.25, 0.3) is 0 Å². The molecule has 1 N–H and O–H groups in total. The summed E-state index contributed by atoms with van der Waals surface area (Å²) >= 11 is 1.76. The normalized spacial score (nSPS) is 15.9. The number of rotatable bonds is 6. The third-order valence-corrected chi connectivity index (χ3v) is 5.83. The molecule has 0 saturated heterocycles. The fourth-order valence-corrected chi connectivity index (χ4v) is 4.52. The molecule has 3 amide bonds. The third-order valence-electron chi connectivity index (χ3n) is 4.84. The second kappa shape index (κ2) is 9.04. The molecule has 1 atom stereocenters. The average Bonchev–Trinajstić information content (AvgIpc) is 3.16. The molecule has 0 radical (unpaired) electrons. The maximum atomic E-state index is 13.2. The lowest BCUT2D eigenvalue weighted by molar-refractivity contribution is -0.133. The number of nitrogens with zero attached hydrogens (tertiary/aromatic N) is 2. The largest absolute Gasteiger partial charge is 0.338 e. The predicted molar refractivity (Wildman–Crippen MR) is 109 cm³/mol. The number of carbonyl (C=O) groups is 2. The Labute approximate surface area is 165 Å². The van der Waals surface area contributed by atoms with Crippen LogP contribution >= 0.6 is 11.3 Å². The quantitative estimate of drug-likeness (QED) is 0.825. The lowest BCUT2D eigenvalue weighted by Crippen LogP contribution is -2.49. The van der Waals surface area contributed by atoms with E-state index in [0.717, 1.165) is 18.4 Å². The molecule has 1 aliphatic heterocycles. The minimum Gasteiger partial charge on any atom is -0.338 e. The number of carbonyl (C=O) groups excluding carboxylic acids is 2. The molecule has 144 valence electrons. The molecule has 2 aromatic rings. The van der Waals surface area contributed by atoms with E-state index in [1.165, 1.54) is 10.4 Å². The van der Waals surface area contributed by atoms with Gasteiger partial charge in [-0.1, -0.05) is 37.3 Å². The predicted octanol–water partition coefficient (Wildman–Crippen LogP) is 3.66. The van der Waals surface area contributed by atoms with Gasteiger partial charge in [-0.05, 0) is 42.3 Å². The Hall–Kier alpha value is -2.34. The van der Waals surface area contributed by atoms with E-state index in [-0.39, 0.29) is 24.5 Å². The van der Waals surface area contributed by atoms with Gasteiger partial charge in [0.05, 0.1) is 6.04 Å². The smallest absolute Gasteiger partial charge is 0.317 e. The highest BCUT2D eigenvalue weighted by atomic mass is 32.1. The molecule has 0 saturated carbocycles. The fourth-order valence-electron chi connectivity index (χ4n) is 3.62. The van der Waals surface area contributed by atoms with E-state index in [1.54, 1.807) is 16.2 Å². The molecular formula is C21H27N3O2S. The molecule has 27 heavy (non-hydrogen) atoms. The molecule has 1 aliphatic rings. The van der Waals surface area contributed by atoms with E-state index in [1.807, 2.05) is 36.9 Å². The van der Waals surface area contributed by atoms with Crippen LogP contribution in [0.2, 0.25) is 0 Å². The summed E-state index contributed by atoms with van der Waals surface area (Å²) in [6.07, 6.45) is 1.69. The van der Waals surface area contributed by atoms with Crippen molar-refractivity contribution >= 4 is 23.3 Å². The number of amides is 3. The molecule has 0 unspecified atom stereocenters. The van der Waals surface area contributed by atoms with Crippen LogP contribution < -0.4 is 5.32 Å². The van der Waals surface area contributed by atoms with Crippen LogP contribution in [-0.4, -0.2) is 47.9 Å². The number of nitrogens with one attached hydrogen (secondary N) is 1. The van der Waals surface area contributed by atoms with Gasteiger partial charge in [-0.2, -0.15) is 0 Å². The maximum Gasteiger partial charge on any atom is 0.317 e. The topological polar surface area (TPSA) is 52.7 Å². The van der Waals surface area contributed by atoms with Gasteiger partial charge in [-0.15, -0.1) is 11.3 Å². The van der Waals surface area contributed by atoms with Gasteiger partial charge in [0, 0.05) is 24.5 Å². The van der Waals surface area contributed by atoms with Crippen molar-refractivity contribution in [3.63, 3.8) is 0 Å². The zero-order valence-electron chi connectivity index (χ0n) is 16.0. The van der Waals surface area contributed by atoms with Crippen molar-refractivity contribution < 1.29 is 9.59 Å². The van der Waals surface area contributed by atoms with Crippen molar-refractivity contribution in [3.05, 3.63) is 57.8 Å². The Morgan fingerprint density at radius 3 is 2.70 bits per heavy atom. The van der Waals surface area contributed by atoms with Crippen LogP contribution in [0.1, 0.15) is 42.3 Å². The highest BCUT2D eigenvalue weighted by Gasteiger charge is 2.33. The zero-order chi connectivity index (χ0) is 19.2. The second-order valence-corrected chi connectivity index (χ2v) is 7.71. The maximum absolute atomic E-state index is 13.2. The van der Waals surface area contributed by atoms with E-state index in [9.17, 15) is 9.59 Å². The van der Waals surface area contributed by atoms with E-state index in [4.69, 9.17) is 0 Å². The highest BCUT2D eigenvalue weighted by Crippen LogP contribution is 2.37. The van der Waals surface area contributed by atoms with Crippen molar-refractivity contribution in [1.82, 2.24) is 15.1 Å². The summed E-state index contributed by atoms with van der Waals surface area (Å²) in [6, 6.07) is 12.0. The van der Waals surface area contributed by atoms with Crippen LogP contribution in [0.5, 0.6) is 0 Å². The summed E-state index contributed by atoms with van der Waals surface area (Å²) in [5.74, 6) is 0.000376. The number of fused-ring (bicyclic) bond motifs is 1. The molecule has 0 fully saturated rings. The van der Waals surface area contributed by atoms with Crippen LogP contribution in [0.15, 0.2) is 41.8 Å². The molecule has 6 heteroatoms. The van der Waals surface area contributed by atoms with Crippen LogP contribution in [0.3, 0.4) is 0 Å². The van der Waals surface area contributed by atoms with Crippen molar-refractivity contribution in [2.45, 2.75) is 32.7 Å². The lowest BCUT2D eigenvalue weighted by atomic mass is 9.93. The van der Waals surface area contributed by atoms with Gasteiger partial charge in [0.25, 0.3) is 0 Å². The second-order valence-electron chi connectivity index (χ2n) is 6.71.